The van der Waals surface area contributed by atoms with E-state index in [9.17, 15) is 38.4 Å². The second-order valence-electron chi connectivity index (χ2n) is 49.0. The Morgan fingerprint density at radius 2 is 0.985 bits per heavy atom. The van der Waals surface area contributed by atoms with Crippen LogP contribution in [-0.4, -0.2) is 305 Å². The zero-order chi connectivity index (χ0) is 101. The van der Waals surface area contributed by atoms with Crippen LogP contribution in [0.25, 0.3) is 0 Å². The van der Waals surface area contributed by atoms with Crippen molar-refractivity contribution in [3.63, 3.8) is 0 Å². The number of aromatic nitrogens is 1. The van der Waals surface area contributed by atoms with E-state index in [1.165, 1.54) is 30.5 Å². The van der Waals surface area contributed by atoms with E-state index in [4.69, 9.17) is 33.5 Å². The van der Waals surface area contributed by atoms with Crippen LogP contribution in [0.15, 0.2) is 18.3 Å². The molecule has 770 valence electrons. The van der Waals surface area contributed by atoms with Gasteiger partial charge in [-0.1, -0.05) is 193 Å². The van der Waals surface area contributed by atoms with Crippen molar-refractivity contribution in [1.29, 1.82) is 0 Å². The van der Waals surface area contributed by atoms with Gasteiger partial charge in [-0.25, -0.2) is 0 Å². The smallest absolute Gasteiger partial charge is 0.225 e. The number of aliphatic hydroxyl groups excluding tert-OH is 1. The quantitative estimate of drug-likeness (QED) is 0.152. The minimum absolute atomic E-state index is 0.0413. The Labute approximate surface area is 806 Å². The Morgan fingerprint density at radius 1 is 0.508 bits per heavy atom. The van der Waals surface area contributed by atoms with Gasteiger partial charge in [-0.15, -0.1) is 0 Å². The zero-order valence-corrected chi connectivity index (χ0v) is 91.4. The number of likely N-dealkylation sites (tertiary alicyclic amines) is 2. The molecule has 1 spiro atoms. The van der Waals surface area contributed by atoms with E-state index in [-0.39, 0.29) is 97.6 Å². The van der Waals surface area contributed by atoms with Crippen LogP contribution in [0.3, 0.4) is 0 Å². The molecule has 132 heavy (non-hydrogen) atoms. The molecule has 1 aromatic heterocycles. The number of rotatable bonds is 17. The van der Waals surface area contributed by atoms with Crippen LogP contribution < -0.4 is 0 Å². The third kappa shape index (κ3) is 56.5. The Hall–Kier alpha value is -5.41. The fourth-order valence-corrected chi connectivity index (χ4v) is 16.0. The minimum atomic E-state index is -0.137. The lowest BCUT2D eigenvalue weighted by atomic mass is 9.76. The van der Waals surface area contributed by atoms with Crippen molar-refractivity contribution in [3.05, 3.63) is 29.6 Å². The summed E-state index contributed by atoms with van der Waals surface area (Å²) < 4.78 is 31.7. The molecule has 8 amide bonds. The number of amides is 8. The van der Waals surface area contributed by atoms with Crippen LogP contribution in [0, 0.1) is 67.5 Å². The van der Waals surface area contributed by atoms with E-state index in [0.29, 0.717) is 126 Å². The number of piperidine rings is 1. The standard InChI is InChI=1S/C13H24N2O.C13H25NO3.C13H23NO2.C12H23NO2.C12H19N.3C11H21NO2.C9H19NO.C2H6/c1-11-3-5-12(6-4-11)13(16)15-9-7-14(2)8-10-15;1-13(2,3)9-12(15)14-6-8-17-11(10-14)5-7-16-4;1-12(2,3)8-11(15)14-6-4-13(5-7-14)9-16-10-13;1-12(2,3)9-11(14)13(4)10-5-7-15-8-6-10;1-10-11(6-5-9-13-10)7-8-12(2,3)4;1-10(2,3)6-9(13)12-8-14-7-11(12,4)5;1-11(2,3)5-4-10(13)12-6-8-14-9-7-12;1-11(2,3)7-10(14)12-6-4-5-9(12)8-13;1-9(2,3)7-6-8(11)10(4)5;1-2/h11-12H,3-10H2,1-2H3;11H,5-10H2,1-4H3;4-10H2,1-3H3;10H,5-9H2,1-4H3;5-6,9H,7-8H2,1-4H3;6-8H2,1-5H3;4-9H2,1-3H3;9,13H,4-8H2,1-3H3;6-7H2,1-5H3;1-2H3/t;;;;;;;9-;;/m.......0../s1. The van der Waals surface area contributed by atoms with Gasteiger partial charge in [-0.05, 0) is 185 Å². The summed E-state index contributed by atoms with van der Waals surface area (Å²) in [6, 6.07) is 4.65. The summed E-state index contributed by atoms with van der Waals surface area (Å²) in [4.78, 5) is 117. The molecule has 25 heteroatoms. The molecule has 1 N–H and O–H groups in total. The Kier molecular flexibility index (Phi) is 56.4. The number of methoxy groups -OCH3 is 1. The van der Waals surface area contributed by atoms with Gasteiger partial charge in [-0.2, -0.15) is 0 Å². The van der Waals surface area contributed by atoms with Crippen LogP contribution in [0.1, 0.15) is 347 Å². The van der Waals surface area contributed by atoms with Crippen molar-refractivity contribution in [1.82, 2.24) is 49.1 Å². The van der Waals surface area contributed by atoms with E-state index in [2.05, 4.69) is 208 Å². The monoisotopic (exact) mass is 1870 g/mol. The molecule has 9 fully saturated rings. The van der Waals surface area contributed by atoms with Gasteiger partial charge in [0, 0.05) is 194 Å². The van der Waals surface area contributed by atoms with Crippen LogP contribution in [0.2, 0.25) is 0 Å². The van der Waals surface area contributed by atoms with Crippen LogP contribution in [-0.2, 0) is 73.2 Å². The average Bonchev–Trinajstić information content (AvgIpc) is 1.03. The number of hydrogen-bond acceptors (Lipinski definition) is 17. The first kappa shape index (κ1) is 125. The third-order valence-electron chi connectivity index (χ3n) is 24.8. The van der Waals surface area contributed by atoms with Gasteiger partial charge >= 0.3 is 0 Å². The van der Waals surface area contributed by atoms with E-state index in [1.807, 2.05) is 76.4 Å². The number of likely N-dealkylation sites (N-methyl/N-ethyl adjacent to an activating group) is 1. The highest BCUT2D eigenvalue weighted by Crippen LogP contribution is 2.40. The topological polar surface area (TPSA) is 254 Å². The molecule has 2 atom stereocenters. The maximum atomic E-state index is 12.3. The zero-order valence-electron chi connectivity index (χ0n) is 91.4. The van der Waals surface area contributed by atoms with E-state index < -0.39 is 0 Å². The first-order valence-corrected chi connectivity index (χ1v) is 50.7. The lowest BCUT2D eigenvalue weighted by Gasteiger charge is -2.47. The summed E-state index contributed by atoms with van der Waals surface area (Å²) >= 11 is 0. The predicted octanol–water partition coefficient (Wildman–Crippen LogP) is 18.8. The molecule has 9 heterocycles. The van der Waals surface area contributed by atoms with Gasteiger partial charge in [0.2, 0.25) is 47.3 Å². The van der Waals surface area contributed by atoms with Crippen molar-refractivity contribution in [3.8, 4) is 0 Å². The van der Waals surface area contributed by atoms with Gasteiger partial charge in [-0.3, -0.25) is 43.3 Å². The number of morpholine rings is 2. The lowest BCUT2D eigenvalue weighted by Crippen LogP contribution is -2.52. The summed E-state index contributed by atoms with van der Waals surface area (Å²) in [5, 5.41) is 9.09. The number of hydrogen-bond donors (Lipinski definition) is 1. The molecule has 1 aliphatic carbocycles. The van der Waals surface area contributed by atoms with Gasteiger partial charge in [0.15, 0.2) is 0 Å². The maximum absolute atomic E-state index is 12.3. The molecule has 8 aliphatic heterocycles. The molecule has 1 unspecified atom stereocenters. The van der Waals surface area contributed by atoms with Crippen molar-refractivity contribution in [2.24, 2.45) is 60.6 Å². The Bertz CT molecular complexity index is 3370. The molecular weight excluding hydrogens is 1670 g/mol. The highest BCUT2D eigenvalue weighted by molar-refractivity contribution is 5.80. The molecule has 1 aromatic rings. The lowest BCUT2D eigenvalue weighted by molar-refractivity contribution is -0.154. The second kappa shape index (κ2) is 59.8. The largest absolute Gasteiger partial charge is 0.394 e. The number of aryl methyl sites for hydroxylation is 2. The van der Waals surface area contributed by atoms with Crippen molar-refractivity contribution >= 4 is 47.3 Å². The highest BCUT2D eigenvalue weighted by atomic mass is 16.5. The predicted molar refractivity (Wildman–Crippen MR) is 539 cm³/mol. The summed E-state index contributed by atoms with van der Waals surface area (Å²) in [6.45, 7) is 80.5. The molecule has 1 saturated carbocycles. The van der Waals surface area contributed by atoms with E-state index >= 15 is 0 Å². The normalized spacial score (nSPS) is 20.6. The Balaban J connectivity index is 0.000000742. The number of piperazine rings is 1. The van der Waals surface area contributed by atoms with Gasteiger partial charge in [0.1, 0.15) is 6.73 Å². The number of aliphatic hydroxyl groups is 1. The molecule has 0 bridgehead atoms. The molecule has 0 aromatic carbocycles. The first-order valence-electron chi connectivity index (χ1n) is 50.7. The Morgan fingerprint density at radius 3 is 1.44 bits per heavy atom. The average molecular weight is 1870 g/mol. The minimum Gasteiger partial charge on any atom is -0.394 e. The molecule has 8 saturated heterocycles. The third-order valence-corrected chi connectivity index (χ3v) is 24.8. The maximum Gasteiger partial charge on any atom is 0.225 e. The number of carbonyl (C=O) groups excluding carboxylic acids is 8. The molecule has 25 nitrogen and oxygen atoms in total. The SMILES string of the molecule is CC.CC(C)(C)CC(=O)N1CCC2(CC1)COC2.CC(C)(C)CC(=O)N1CCC[C@H]1CO.CC(C)(C)CC(=O)N1COCC1(C)C.CC(C)(C)CCC(=O)N1CCOCC1.CC1CCC(C(=O)N2CCN(C)CC2)CC1.CN(C(=O)CC(C)(C)C)C1CCOCC1.CN(C)C(=O)CCC(C)(C)C.COCCC1CN(C(=O)CC(C)(C)C)CCO1.Cc1ncccc1CCC(C)(C)C. The van der Waals surface area contributed by atoms with Gasteiger partial charge in [0.25, 0.3) is 0 Å². The van der Waals surface area contributed by atoms with Crippen LogP contribution in [0.4, 0.5) is 0 Å². The number of nitrogens with zero attached hydrogens (tertiary/aromatic N) is 10. The van der Waals surface area contributed by atoms with Crippen molar-refractivity contribution in [2.75, 3.05) is 180 Å². The number of carbonyl (C=O) groups is 8. The van der Waals surface area contributed by atoms with E-state index in [1.54, 1.807) is 26.1 Å². The summed E-state index contributed by atoms with van der Waals surface area (Å²) in [7, 11) is 9.33. The molecule has 9 aliphatic rings. The van der Waals surface area contributed by atoms with Gasteiger partial charge < -0.3 is 77.6 Å². The summed E-state index contributed by atoms with van der Waals surface area (Å²) in [6.07, 6.45) is 22.4. The van der Waals surface area contributed by atoms with Crippen LogP contribution >= 0.6 is 0 Å². The summed E-state index contributed by atoms with van der Waals surface area (Å²) in [5.41, 5.74) is 4.12. The number of ether oxygens (including phenoxy) is 6. The van der Waals surface area contributed by atoms with Gasteiger partial charge in [0.05, 0.1) is 63.9 Å². The molecule has 0 radical (unpaired) electrons. The first-order chi connectivity index (χ1) is 60.9. The number of pyridine rings is 1. The van der Waals surface area contributed by atoms with Crippen molar-refractivity contribution in [2.45, 2.75) is 373 Å². The fourth-order valence-electron chi connectivity index (χ4n) is 16.0. The highest BCUT2D eigenvalue weighted by Gasteiger charge is 2.43. The second-order valence-corrected chi connectivity index (χ2v) is 49.0. The molecular formula is C107H202N10O15. The van der Waals surface area contributed by atoms with Crippen LogP contribution in [0.5, 0.6) is 0 Å². The van der Waals surface area contributed by atoms with E-state index in [0.717, 1.165) is 175 Å². The fraction of sp³-hybridized carbons (Fsp3) is 0.879. The van der Waals surface area contributed by atoms with Crippen molar-refractivity contribution < 1.29 is 71.9 Å². The molecule has 10 rings (SSSR count). The summed E-state index contributed by atoms with van der Waals surface area (Å²) in [5.74, 6) is 3.30.